The van der Waals surface area contributed by atoms with Gasteiger partial charge in [-0.05, 0) is 61.8 Å². The first-order valence-electron chi connectivity index (χ1n) is 7.66. The van der Waals surface area contributed by atoms with E-state index in [1.807, 2.05) is 0 Å². The van der Waals surface area contributed by atoms with Crippen molar-refractivity contribution in [2.75, 3.05) is 6.61 Å². The van der Waals surface area contributed by atoms with E-state index in [1.54, 1.807) is 12.1 Å². The minimum Gasteiger partial charge on any atom is -0.507 e. The quantitative estimate of drug-likeness (QED) is 0.839. The Morgan fingerprint density at radius 2 is 1.95 bits per heavy atom. The van der Waals surface area contributed by atoms with E-state index in [1.165, 1.54) is 0 Å². The number of phenols is 1. The van der Waals surface area contributed by atoms with Crippen LogP contribution in [0.4, 0.5) is 0 Å². The molecule has 5 nitrogen and oxygen atoms in total. The van der Waals surface area contributed by atoms with Crippen LogP contribution in [0, 0.1) is 0 Å². The van der Waals surface area contributed by atoms with Gasteiger partial charge in [-0.2, -0.15) is 0 Å². The number of hydrogen-bond acceptors (Lipinski definition) is 4. The minimum atomic E-state index is -0.421. The lowest BCUT2D eigenvalue weighted by atomic mass is 9.90. The van der Waals surface area contributed by atoms with Gasteiger partial charge in [-0.1, -0.05) is 0 Å². The number of amides is 1. The molecule has 0 saturated carbocycles. The molecular weight excluding hydrogens is 270 g/mol. The smallest absolute Gasteiger partial charge is 0.278 e. The second-order valence-corrected chi connectivity index (χ2v) is 5.69. The van der Waals surface area contributed by atoms with Crippen molar-refractivity contribution in [3.63, 3.8) is 0 Å². The molecule has 1 saturated heterocycles. The number of ether oxygens (including phenoxy) is 1. The lowest BCUT2D eigenvalue weighted by Crippen LogP contribution is -2.33. The molecule has 114 valence electrons. The molecule has 1 fully saturated rings. The molecule has 1 aliphatic heterocycles. The highest BCUT2D eigenvalue weighted by atomic mass is 16.8. The van der Waals surface area contributed by atoms with Crippen molar-refractivity contribution >= 4 is 5.91 Å². The van der Waals surface area contributed by atoms with Crippen molar-refractivity contribution in [3.05, 3.63) is 28.8 Å². The van der Waals surface area contributed by atoms with Gasteiger partial charge in [-0.3, -0.25) is 4.79 Å². The molecule has 1 heterocycles. The Labute approximate surface area is 124 Å². The van der Waals surface area contributed by atoms with Gasteiger partial charge in [0.1, 0.15) is 5.75 Å². The van der Waals surface area contributed by atoms with E-state index in [0.29, 0.717) is 6.61 Å². The number of phenolic OH excluding ortho intramolecular Hbond substituents is 1. The highest BCUT2D eigenvalue weighted by Crippen LogP contribution is 2.28. The van der Waals surface area contributed by atoms with Crippen LogP contribution >= 0.6 is 0 Å². The third kappa shape index (κ3) is 3.36. The first-order chi connectivity index (χ1) is 10.2. The average molecular weight is 291 g/mol. The molecule has 1 aromatic carbocycles. The highest BCUT2D eigenvalue weighted by molar-refractivity contribution is 5.96. The van der Waals surface area contributed by atoms with E-state index in [2.05, 4.69) is 5.48 Å². The number of hydroxylamine groups is 1. The van der Waals surface area contributed by atoms with Gasteiger partial charge in [0.05, 0.1) is 5.56 Å². The largest absolute Gasteiger partial charge is 0.507 e. The summed E-state index contributed by atoms with van der Waals surface area (Å²) in [4.78, 5) is 17.4. The van der Waals surface area contributed by atoms with Crippen molar-refractivity contribution in [2.24, 2.45) is 0 Å². The van der Waals surface area contributed by atoms with Gasteiger partial charge >= 0.3 is 0 Å². The topological polar surface area (TPSA) is 67.8 Å². The SMILES string of the molecule is O=C(NOC1CCCCO1)c1cc2c(cc1O)CCCC2. The van der Waals surface area contributed by atoms with Crippen molar-refractivity contribution in [1.29, 1.82) is 0 Å². The Morgan fingerprint density at radius 1 is 1.19 bits per heavy atom. The normalized spacial score (nSPS) is 21.6. The summed E-state index contributed by atoms with van der Waals surface area (Å²) >= 11 is 0. The van der Waals surface area contributed by atoms with Crippen molar-refractivity contribution in [3.8, 4) is 5.75 Å². The molecule has 1 amide bonds. The van der Waals surface area contributed by atoms with Gasteiger partial charge in [0.25, 0.3) is 5.91 Å². The number of rotatable bonds is 3. The van der Waals surface area contributed by atoms with Crippen LogP contribution in [-0.2, 0) is 22.4 Å². The summed E-state index contributed by atoms with van der Waals surface area (Å²) in [5.41, 5.74) is 4.96. The van der Waals surface area contributed by atoms with Crippen molar-refractivity contribution in [2.45, 2.75) is 51.2 Å². The maximum atomic E-state index is 12.1. The fourth-order valence-electron chi connectivity index (χ4n) is 2.93. The highest BCUT2D eigenvalue weighted by Gasteiger charge is 2.20. The maximum Gasteiger partial charge on any atom is 0.278 e. The molecule has 21 heavy (non-hydrogen) atoms. The van der Waals surface area contributed by atoms with Crippen LogP contribution in [0.3, 0.4) is 0 Å². The predicted molar refractivity (Wildman–Crippen MR) is 76.9 cm³/mol. The third-order valence-corrected chi connectivity index (χ3v) is 4.13. The molecule has 1 atom stereocenters. The standard InChI is InChI=1S/C16H21NO4/c18-14-10-12-6-2-1-5-11(12)9-13(14)16(19)17-21-15-7-3-4-8-20-15/h9-10,15,18H,1-8H2,(H,17,19). The van der Waals surface area contributed by atoms with Crippen LogP contribution < -0.4 is 5.48 Å². The van der Waals surface area contributed by atoms with Crippen LogP contribution in [0.15, 0.2) is 12.1 Å². The number of carbonyl (C=O) groups excluding carboxylic acids is 1. The first kappa shape index (κ1) is 14.4. The Kier molecular flexibility index (Phi) is 4.41. The fraction of sp³-hybridized carbons (Fsp3) is 0.562. The zero-order chi connectivity index (χ0) is 14.7. The lowest BCUT2D eigenvalue weighted by Gasteiger charge is -2.22. The first-order valence-corrected chi connectivity index (χ1v) is 7.66. The summed E-state index contributed by atoms with van der Waals surface area (Å²) < 4.78 is 5.39. The fourth-order valence-corrected chi connectivity index (χ4v) is 2.93. The van der Waals surface area contributed by atoms with E-state index in [4.69, 9.17) is 9.57 Å². The van der Waals surface area contributed by atoms with Crippen LogP contribution in [0.2, 0.25) is 0 Å². The summed E-state index contributed by atoms with van der Waals surface area (Å²) in [5, 5.41) is 10.0. The number of fused-ring (bicyclic) bond motifs is 1. The predicted octanol–water partition coefficient (Wildman–Crippen LogP) is 2.46. The van der Waals surface area contributed by atoms with E-state index in [-0.39, 0.29) is 17.6 Å². The number of benzene rings is 1. The van der Waals surface area contributed by atoms with Crippen LogP contribution in [0.25, 0.3) is 0 Å². The Hall–Kier alpha value is -1.59. The molecule has 0 bridgehead atoms. The minimum absolute atomic E-state index is 0.0151. The molecule has 2 N–H and O–H groups in total. The summed E-state index contributed by atoms with van der Waals surface area (Å²) in [5.74, 6) is -0.406. The molecule has 0 spiro atoms. The molecule has 1 aromatic rings. The number of aromatic hydroxyl groups is 1. The van der Waals surface area contributed by atoms with Gasteiger partial charge in [-0.25, -0.2) is 10.3 Å². The number of hydrogen-bond donors (Lipinski definition) is 2. The second-order valence-electron chi connectivity index (χ2n) is 5.69. The van der Waals surface area contributed by atoms with Gasteiger partial charge in [0.2, 0.25) is 0 Å². The number of nitrogens with one attached hydrogen (secondary N) is 1. The molecule has 1 aliphatic carbocycles. The molecule has 1 unspecified atom stereocenters. The summed E-state index contributed by atoms with van der Waals surface area (Å²) in [6, 6.07) is 3.49. The molecule has 3 rings (SSSR count). The second kappa shape index (κ2) is 6.45. The van der Waals surface area contributed by atoms with Crippen molar-refractivity contribution in [1.82, 2.24) is 5.48 Å². The Morgan fingerprint density at radius 3 is 2.67 bits per heavy atom. The molecule has 5 heteroatoms. The van der Waals surface area contributed by atoms with E-state index < -0.39 is 5.91 Å². The van der Waals surface area contributed by atoms with Crippen molar-refractivity contribution < 1.29 is 19.5 Å². The summed E-state index contributed by atoms with van der Waals surface area (Å²) in [6.07, 6.45) is 6.65. The Balaban J connectivity index is 1.66. The van der Waals surface area contributed by atoms with Gasteiger partial charge in [0, 0.05) is 13.0 Å². The lowest BCUT2D eigenvalue weighted by molar-refractivity contribution is -0.186. The average Bonchev–Trinajstić information content (AvgIpc) is 2.53. The summed E-state index contributed by atoms with van der Waals surface area (Å²) in [6.45, 7) is 0.657. The molecule has 0 radical (unpaired) electrons. The maximum absolute atomic E-state index is 12.1. The molecule has 2 aliphatic rings. The Bertz CT molecular complexity index is 523. The third-order valence-electron chi connectivity index (χ3n) is 4.13. The zero-order valence-electron chi connectivity index (χ0n) is 12.1. The number of carbonyl (C=O) groups is 1. The van der Waals surface area contributed by atoms with Gasteiger partial charge in [0.15, 0.2) is 6.29 Å². The van der Waals surface area contributed by atoms with Gasteiger partial charge < -0.3 is 9.84 Å². The molecular formula is C16H21NO4. The molecule has 0 aromatic heterocycles. The van der Waals surface area contributed by atoms with E-state index >= 15 is 0 Å². The zero-order valence-corrected chi connectivity index (χ0v) is 12.1. The van der Waals surface area contributed by atoms with E-state index in [0.717, 1.165) is 56.1 Å². The van der Waals surface area contributed by atoms with E-state index in [9.17, 15) is 9.90 Å². The van der Waals surface area contributed by atoms with Crippen LogP contribution in [-0.4, -0.2) is 23.9 Å². The monoisotopic (exact) mass is 291 g/mol. The summed E-state index contributed by atoms with van der Waals surface area (Å²) in [7, 11) is 0. The van der Waals surface area contributed by atoms with Crippen LogP contribution in [0.1, 0.15) is 53.6 Å². The van der Waals surface area contributed by atoms with Gasteiger partial charge in [-0.15, -0.1) is 0 Å². The number of aryl methyl sites for hydroxylation is 2. The van der Waals surface area contributed by atoms with Crippen LogP contribution in [0.5, 0.6) is 5.75 Å².